The van der Waals surface area contributed by atoms with Gasteiger partial charge in [0, 0.05) is 24.1 Å². The highest BCUT2D eigenvalue weighted by atomic mass is 16.6. The van der Waals surface area contributed by atoms with Gasteiger partial charge in [-0.2, -0.15) is 5.10 Å². The van der Waals surface area contributed by atoms with Gasteiger partial charge in [0.15, 0.2) is 5.65 Å². The topological polar surface area (TPSA) is 138 Å². The van der Waals surface area contributed by atoms with Crippen molar-refractivity contribution < 1.29 is 9.72 Å². The number of benzene rings is 2. The second-order valence-electron chi connectivity index (χ2n) is 7.85. The highest BCUT2D eigenvalue weighted by Gasteiger charge is 2.13. The molecule has 0 saturated carbocycles. The molecule has 0 saturated heterocycles. The van der Waals surface area contributed by atoms with Crippen molar-refractivity contribution in [3.63, 3.8) is 0 Å². The fraction of sp³-hybridized carbons (Fsp3) is 0.125. The maximum absolute atomic E-state index is 12.9. The van der Waals surface area contributed by atoms with E-state index in [1.807, 2.05) is 30.3 Å². The van der Waals surface area contributed by atoms with E-state index in [1.54, 1.807) is 22.9 Å². The fourth-order valence-corrected chi connectivity index (χ4v) is 3.80. The summed E-state index contributed by atoms with van der Waals surface area (Å²) < 4.78 is 2.92. The van der Waals surface area contributed by atoms with Gasteiger partial charge in [-0.1, -0.05) is 36.4 Å². The molecule has 3 aromatic heterocycles. The quantitative estimate of drug-likeness (QED) is 0.285. The average Bonchev–Trinajstić information content (AvgIpc) is 3.29. The summed E-state index contributed by atoms with van der Waals surface area (Å²) in [7, 11) is 0. The molecule has 174 valence electrons. The summed E-state index contributed by atoms with van der Waals surface area (Å²) in [5.74, 6) is -0.306. The molecule has 0 fully saturated rings. The lowest BCUT2D eigenvalue weighted by atomic mass is 10.2. The Kier molecular flexibility index (Phi) is 5.71. The average molecular weight is 469 g/mol. The van der Waals surface area contributed by atoms with Gasteiger partial charge in [0.1, 0.15) is 17.4 Å². The first-order valence-corrected chi connectivity index (χ1v) is 10.8. The lowest BCUT2D eigenvalue weighted by Crippen LogP contribution is -2.28. The zero-order valence-electron chi connectivity index (χ0n) is 18.4. The van der Waals surface area contributed by atoms with Crippen LogP contribution in [0.1, 0.15) is 16.1 Å². The van der Waals surface area contributed by atoms with Crippen molar-refractivity contribution >= 4 is 33.5 Å². The minimum atomic E-state index is -0.480. The van der Waals surface area contributed by atoms with Gasteiger partial charge in [0.2, 0.25) is 0 Å². The molecule has 0 unspecified atom stereocenters. The Bertz CT molecular complexity index is 1640. The Balaban J connectivity index is 1.28. The Hall–Kier alpha value is -4.93. The third kappa shape index (κ3) is 4.47. The summed E-state index contributed by atoms with van der Waals surface area (Å²) in [6, 6.07) is 17.2. The van der Waals surface area contributed by atoms with Crippen LogP contribution in [0.2, 0.25) is 0 Å². The van der Waals surface area contributed by atoms with Crippen LogP contribution in [-0.4, -0.2) is 41.7 Å². The van der Waals surface area contributed by atoms with Crippen LogP contribution in [0.3, 0.4) is 0 Å². The third-order valence-corrected chi connectivity index (χ3v) is 5.54. The van der Waals surface area contributed by atoms with Crippen LogP contribution in [0.4, 0.5) is 5.69 Å². The fourth-order valence-electron chi connectivity index (χ4n) is 3.80. The van der Waals surface area contributed by atoms with Crippen LogP contribution in [0.5, 0.6) is 0 Å². The number of fused-ring (bicyclic) bond motifs is 2. The Morgan fingerprint density at radius 2 is 1.94 bits per heavy atom. The second-order valence-corrected chi connectivity index (χ2v) is 7.85. The lowest BCUT2D eigenvalue weighted by molar-refractivity contribution is -0.384. The molecule has 2 aromatic carbocycles. The summed E-state index contributed by atoms with van der Waals surface area (Å²) in [5.41, 5.74) is 1.71. The van der Waals surface area contributed by atoms with Gasteiger partial charge in [-0.25, -0.2) is 14.6 Å². The standard InChI is InChI=1S/C24H19N7O4/c32-23(21-9-8-17-5-1-2-7-20(17)28-21)25-10-11-30-22-19(13-27-30)24(33)29(15-26-22)14-16-4-3-6-18(12-16)31(34)35/h1-9,12-13,15H,10-11,14H2,(H,25,32). The molecular weight excluding hydrogens is 450 g/mol. The van der Waals surface area contributed by atoms with E-state index in [4.69, 9.17) is 0 Å². The van der Waals surface area contributed by atoms with Crippen molar-refractivity contribution in [3.05, 3.63) is 105 Å². The number of carbonyl (C=O) groups excluding carboxylic acids is 1. The highest BCUT2D eigenvalue weighted by molar-refractivity contribution is 5.94. The largest absolute Gasteiger partial charge is 0.349 e. The molecule has 0 spiro atoms. The summed E-state index contributed by atoms with van der Waals surface area (Å²) in [6.45, 7) is 0.718. The molecule has 0 aliphatic heterocycles. The maximum atomic E-state index is 12.9. The van der Waals surface area contributed by atoms with Crippen LogP contribution in [0.15, 0.2) is 78.0 Å². The van der Waals surface area contributed by atoms with Crippen molar-refractivity contribution in [2.45, 2.75) is 13.1 Å². The molecule has 11 heteroatoms. The number of hydrogen-bond donors (Lipinski definition) is 1. The molecule has 0 aliphatic rings. The van der Waals surface area contributed by atoms with Crippen molar-refractivity contribution in [3.8, 4) is 0 Å². The second kappa shape index (κ2) is 9.14. The van der Waals surface area contributed by atoms with Gasteiger partial charge in [0.25, 0.3) is 17.2 Å². The van der Waals surface area contributed by atoms with E-state index in [-0.39, 0.29) is 30.2 Å². The van der Waals surface area contributed by atoms with Crippen LogP contribution < -0.4 is 10.9 Å². The first kappa shape index (κ1) is 21.9. The lowest BCUT2D eigenvalue weighted by Gasteiger charge is -2.08. The number of aromatic nitrogens is 5. The number of rotatable bonds is 7. The van der Waals surface area contributed by atoms with Gasteiger partial charge in [-0.3, -0.25) is 24.3 Å². The summed E-state index contributed by atoms with van der Waals surface area (Å²) in [5, 5.41) is 19.3. The van der Waals surface area contributed by atoms with E-state index in [0.717, 1.165) is 10.9 Å². The zero-order chi connectivity index (χ0) is 24.4. The molecule has 11 nitrogen and oxygen atoms in total. The van der Waals surface area contributed by atoms with E-state index in [9.17, 15) is 19.7 Å². The molecule has 1 N–H and O–H groups in total. The summed E-state index contributed by atoms with van der Waals surface area (Å²) >= 11 is 0. The number of nitro groups is 1. The van der Waals surface area contributed by atoms with Crippen molar-refractivity contribution in [2.24, 2.45) is 0 Å². The smallest absolute Gasteiger partial charge is 0.269 e. The van der Waals surface area contributed by atoms with Gasteiger partial charge in [-0.15, -0.1) is 0 Å². The number of amides is 1. The molecule has 0 aliphatic carbocycles. The Morgan fingerprint density at radius 1 is 1.09 bits per heavy atom. The zero-order valence-corrected chi connectivity index (χ0v) is 18.4. The van der Waals surface area contributed by atoms with Gasteiger partial charge < -0.3 is 5.32 Å². The normalized spacial score (nSPS) is 11.1. The minimum Gasteiger partial charge on any atom is -0.349 e. The molecular formula is C24H19N7O4. The number of non-ortho nitro benzene ring substituents is 1. The van der Waals surface area contributed by atoms with Gasteiger partial charge in [0.05, 0.1) is 29.7 Å². The first-order valence-electron chi connectivity index (χ1n) is 10.8. The number of pyridine rings is 1. The SMILES string of the molecule is O=C(NCCn1ncc2c(=O)n(Cc3cccc([N+](=O)[O-])c3)cnc21)c1ccc2ccccc2n1. The molecule has 35 heavy (non-hydrogen) atoms. The molecule has 5 rings (SSSR count). The third-order valence-electron chi connectivity index (χ3n) is 5.54. The number of nitrogens with one attached hydrogen (secondary N) is 1. The first-order chi connectivity index (χ1) is 17.0. The van der Waals surface area contributed by atoms with Gasteiger partial charge in [-0.05, 0) is 17.7 Å². The molecule has 0 bridgehead atoms. The number of nitrogens with zero attached hydrogens (tertiary/aromatic N) is 6. The monoisotopic (exact) mass is 469 g/mol. The molecule has 0 radical (unpaired) electrons. The van der Waals surface area contributed by atoms with Crippen molar-refractivity contribution in [1.29, 1.82) is 0 Å². The number of nitro benzene ring substituents is 1. The minimum absolute atomic E-state index is 0.0432. The van der Waals surface area contributed by atoms with E-state index in [2.05, 4.69) is 20.4 Å². The molecule has 1 amide bonds. The van der Waals surface area contributed by atoms with Crippen molar-refractivity contribution in [2.75, 3.05) is 6.54 Å². The van der Waals surface area contributed by atoms with Crippen LogP contribution in [-0.2, 0) is 13.1 Å². The van der Waals surface area contributed by atoms with Crippen molar-refractivity contribution in [1.82, 2.24) is 29.6 Å². The van der Waals surface area contributed by atoms with Crippen LogP contribution in [0.25, 0.3) is 21.9 Å². The Labute approximate surface area is 197 Å². The predicted molar refractivity (Wildman–Crippen MR) is 128 cm³/mol. The predicted octanol–water partition coefficient (Wildman–Crippen LogP) is 2.53. The van der Waals surface area contributed by atoms with Crippen LogP contribution >= 0.6 is 0 Å². The molecule has 5 aromatic rings. The Morgan fingerprint density at radius 3 is 2.80 bits per heavy atom. The van der Waals surface area contributed by atoms with E-state index in [1.165, 1.54) is 29.2 Å². The number of hydrogen-bond acceptors (Lipinski definition) is 7. The molecule has 3 heterocycles. The highest BCUT2D eigenvalue weighted by Crippen LogP contribution is 2.14. The molecule has 0 atom stereocenters. The van der Waals surface area contributed by atoms with E-state index in [0.29, 0.717) is 28.8 Å². The van der Waals surface area contributed by atoms with E-state index >= 15 is 0 Å². The summed E-state index contributed by atoms with van der Waals surface area (Å²) in [4.78, 5) is 44.7. The van der Waals surface area contributed by atoms with Gasteiger partial charge >= 0.3 is 0 Å². The number of para-hydroxylation sites is 1. The number of carbonyl (C=O) groups is 1. The van der Waals surface area contributed by atoms with Crippen LogP contribution in [0, 0.1) is 10.1 Å². The summed E-state index contributed by atoms with van der Waals surface area (Å²) in [6.07, 6.45) is 2.82. The maximum Gasteiger partial charge on any atom is 0.269 e. The van der Waals surface area contributed by atoms with E-state index < -0.39 is 4.92 Å².